The number of hydrazine groups is 1. The van der Waals surface area contributed by atoms with Crippen molar-refractivity contribution in [2.24, 2.45) is 0 Å². The summed E-state index contributed by atoms with van der Waals surface area (Å²) in [5, 5.41) is 21.6. The Morgan fingerprint density at radius 3 is 2.87 bits per heavy atom. The van der Waals surface area contributed by atoms with Gasteiger partial charge in [-0.3, -0.25) is 4.79 Å². The molecule has 2 aliphatic heterocycles. The Hall–Kier alpha value is -3.79. The van der Waals surface area contributed by atoms with Crippen LogP contribution < -0.4 is 11.0 Å². The molecule has 3 aromatic rings. The first kappa shape index (κ1) is 18.3. The van der Waals surface area contributed by atoms with Gasteiger partial charge < -0.3 is 14.4 Å². The Labute approximate surface area is 168 Å². The van der Waals surface area contributed by atoms with E-state index in [0.29, 0.717) is 28.0 Å². The van der Waals surface area contributed by atoms with Crippen LogP contribution in [0.5, 0.6) is 0 Å². The summed E-state index contributed by atoms with van der Waals surface area (Å²) in [6, 6.07) is 8.30. The number of esters is 1. The van der Waals surface area contributed by atoms with Gasteiger partial charge in [-0.25, -0.2) is 19.9 Å². The molecule has 0 aliphatic carbocycles. The van der Waals surface area contributed by atoms with Crippen LogP contribution in [0.15, 0.2) is 35.1 Å². The largest absolute Gasteiger partial charge is 0.458 e. The number of pyridine rings is 2. The van der Waals surface area contributed by atoms with E-state index in [9.17, 15) is 24.8 Å². The summed E-state index contributed by atoms with van der Waals surface area (Å²) in [4.78, 5) is 40.6. The predicted molar refractivity (Wildman–Crippen MR) is 105 cm³/mol. The van der Waals surface area contributed by atoms with Crippen molar-refractivity contribution in [3.63, 3.8) is 0 Å². The molecule has 5 rings (SSSR count). The molecule has 2 aliphatic rings. The molecule has 0 amide bonds. The highest BCUT2D eigenvalue weighted by Gasteiger charge is 2.45. The highest BCUT2D eigenvalue weighted by atomic mass is 16.7. The summed E-state index contributed by atoms with van der Waals surface area (Å²) < 4.78 is 6.60. The van der Waals surface area contributed by atoms with E-state index in [2.05, 4.69) is 10.4 Å². The zero-order valence-electron chi connectivity index (χ0n) is 15.8. The standard InChI is InChI=1S/C20H16N4O6/c1-2-20(27)14-7-16-17-11(8-23(16)18(25)13(14)9-30-19(20)26)5-10-6-12(22-24(28)29)3-4-15(10)21-17/h3-7,22,27H,2,8-9H2,1H3/t20-/m0/s1. The van der Waals surface area contributed by atoms with Gasteiger partial charge in [-0.05, 0) is 36.8 Å². The lowest BCUT2D eigenvalue weighted by molar-refractivity contribution is -0.445. The number of ether oxygens (including phenoxy) is 1. The topological polar surface area (TPSA) is 137 Å². The van der Waals surface area contributed by atoms with Crippen LogP contribution in [0, 0.1) is 10.1 Å². The van der Waals surface area contributed by atoms with E-state index in [-0.39, 0.29) is 36.3 Å². The van der Waals surface area contributed by atoms with Crippen molar-refractivity contribution in [1.82, 2.24) is 9.55 Å². The van der Waals surface area contributed by atoms with Gasteiger partial charge >= 0.3 is 5.97 Å². The third kappa shape index (κ3) is 2.43. The smallest absolute Gasteiger partial charge is 0.343 e. The second-order valence-corrected chi connectivity index (χ2v) is 7.38. The predicted octanol–water partition coefficient (Wildman–Crippen LogP) is 1.68. The number of aromatic nitrogens is 2. The molecule has 0 bridgehead atoms. The summed E-state index contributed by atoms with van der Waals surface area (Å²) in [7, 11) is 0. The zero-order valence-corrected chi connectivity index (χ0v) is 15.8. The minimum Gasteiger partial charge on any atom is -0.458 e. The maximum absolute atomic E-state index is 13.1. The van der Waals surface area contributed by atoms with Crippen LogP contribution in [-0.4, -0.2) is 25.7 Å². The summed E-state index contributed by atoms with van der Waals surface area (Å²) in [5.74, 6) is -0.766. The number of hydrogen-bond donors (Lipinski definition) is 2. The molecule has 1 atom stereocenters. The SMILES string of the molecule is CC[C@@]1(O)C(=O)OCc2c1cc1n(c2=O)Cc2cc3cc(N[N+](=O)[O-])ccc3nc2-1. The second-order valence-electron chi connectivity index (χ2n) is 7.38. The van der Waals surface area contributed by atoms with Gasteiger partial charge in [0.25, 0.3) is 5.56 Å². The number of nitrogens with one attached hydrogen (secondary N) is 1. The lowest BCUT2D eigenvalue weighted by Gasteiger charge is -2.31. The first-order chi connectivity index (χ1) is 14.3. The molecule has 1 aromatic carbocycles. The van der Waals surface area contributed by atoms with Crippen molar-refractivity contribution >= 4 is 22.6 Å². The van der Waals surface area contributed by atoms with Crippen LogP contribution in [0.4, 0.5) is 5.69 Å². The van der Waals surface area contributed by atoms with Gasteiger partial charge in [0.1, 0.15) is 12.3 Å². The fraction of sp³-hybridized carbons (Fsp3) is 0.250. The monoisotopic (exact) mass is 408 g/mol. The van der Waals surface area contributed by atoms with Crippen LogP contribution in [0.3, 0.4) is 0 Å². The molecule has 4 heterocycles. The number of fused-ring (bicyclic) bond motifs is 5. The van der Waals surface area contributed by atoms with Gasteiger partial charge in [-0.15, -0.1) is 5.43 Å². The highest BCUT2D eigenvalue weighted by Crippen LogP contribution is 2.38. The number of aliphatic hydroxyl groups is 1. The molecule has 30 heavy (non-hydrogen) atoms. The van der Waals surface area contributed by atoms with Crippen molar-refractivity contribution in [2.75, 3.05) is 5.43 Å². The minimum absolute atomic E-state index is 0.0754. The lowest BCUT2D eigenvalue weighted by Crippen LogP contribution is -2.44. The summed E-state index contributed by atoms with van der Waals surface area (Å²) >= 11 is 0. The third-order valence-corrected chi connectivity index (χ3v) is 5.73. The molecule has 0 unspecified atom stereocenters. The Kier molecular flexibility index (Phi) is 3.71. The number of nitrogens with zero attached hydrogens (tertiary/aromatic N) is 3. The third-order valence-electron chi connectivity index (χ3n) is 5.73. The first-order valence-corrected chi connectivity index (χ1v) is 9.33. The minimum atomic E-state index is -1.87. The number of rotatable bonds is 3. The molecule has 10 nitrogen and oxygen atoms in total. The molecule has 0 spiro atoms. The Bertz CT molecular complexity index is 1330. The van der Waals surface area contributed by atoms with Gasteiger partial charge in [0.05, 0.1) is 29.0 Å². The molecule has 0 fully saturated rings. The molecule has 2 aromatic heterocycles. The van der Waals surface area contributed by atoms with Crippen LogP contribution in [-0.2, 0) is 28.3 Å². The Morgan fingerprint density at radius 2 is 2.13 bits per heavy atom. The quantitative estimate of drug-likeness (QED) is 0.297. The summed E-state index contributed by atoms with van der Waals surface area (Å²) in [6.45, 7) is 1.74. The highest BCUT2D eigenvalue weighted by molar-refractivity contribution is 5.87. The number of hydrogen-bond acceptors (Lipinski definition) is 7. The number of cyclic esters (lactones) is 1. The van der Waals surface area contributed by atoms with Crippen molar-refractivity contribution in [3.05, 3.63) is 67.5 Å². The van der Waals surface area contributed by atoms with Crippen LogP contribution in [0.1, 0.15) is 30.0 Å². The molecular weight excluding hydrogens is 392 g/mol. The normalized spacial score (nSPS) is 19.1. The van der Waals surface area contributed by atoms with Crippen LogP contribution in [0.2, 0.25) is 0 Å². The molecule has 10 heteroatoms. The van der Waals surface area contributed by atoms with Gasteiger partial charge in [-0.1, -0.05) is 6.92 Å². The number of carbonyl (C=O) groups excluding carboxylic acids is 1. The van der Waals surface area contributed by atoms with E-state index in [0.717, 1.165) is 5.56 Å². The molecular formula is C20H16N4O6. The van der Waals surface area contributed by atoms with E-state index in [1.54, 1.807) is 35.8 Å². The second kappa shape index (κ2) is 6.10. The van der Waals surface area contributed by atoms with E-state index in [4.69, 9.17) is 4.74 Å². The van der Waals surface area contributed by atoms with E-state index < -0.39 is 16.6 Å². The van der Waals surface area contributed by atoms with Crippen molar-refractivity contribution in [3.8, 4) is 11.4 Å². The molecule has 0 saturated heterocycles. The summed E-state index contributed by atoms with van der Waals surface area (Å²) in [5.41, 5.74) is 3.22. The number of carbonyl (C=O) groups is 1. The Morgan fingerprint density at radius 1 is 1.33 bits per heavy atom. The van der Waals surface area contributed by atoms with Crippen molar-refractivity contribution in [1.29, 1.82) is 0 Å². The maximum atomic E-state index is 13.1. The van der Waals surface area contributed by atoms with Gasteiger partial charge in [-0.2, -0.15) is 0 Å². The van der Waals surface area contributed by atoms with Crippen LogP contribution in [0.25, 0.3) is 22.3 Å². The average molecular weight is 408 g/mol. The van der Waals surface area contributed by atoms with Crippen molar-refractivity contribution in [2.45, 2.75) is 32.1 Å². The number of benzene rings is 1. The molecule has 152 valence electrons. The first-order valence-electron chi connectivity index (χ1n) is 9.33. The zero-order chi connectivity index (χ0) is 21.2. The van der Waals surface area contributed by atoms with E-state index in [1.807, 2.05) is 6.07 Å². The van der Waals surface area contributed by atoms with Crippen molar-refractivity contribution < 1.29 is 19.7 Å². The maximum Gasteiger partial charge on any atom is 0.343 e. The fourth-order valence-corrected chi connectivity index (χ4v) is 4.16. The van der Waals surface area contributed by atoms with E-state index in [1.165, 1.54) is 0 Å². The molecule has 0 saturated carbocycles. The average Bonchev–Trinajstić information content (AvgIpc) is 3.07. The van der Waals surface area contributed by atoms with Crippen LogP contribution >= 0.6 is 0 Å². The molecule has 0 radical (unpaired) electrons. The Balaban J connectivity index is 1.70. The fourth-order valence-electron chi connectivity index (χ4n) is 4.16. The number of anilines is 1. The number of nitro groups is 1. The van der Waals surface area contributed by atoms with Gasteiger partial charge in [0.2, 0.25) is 0 Å². The van der Waals surface area contributed by atoms with E-state index >= 15 is 0 Å². The van der Waals surface area contributed by atoms with Gasteiger partial charge in [0, 0.05) is 16.5 Å². The molecule has 2 N–H and O–H groups in total. The summed E-state index contributed by atoms with van der Waals surface area (Å²) in [6.07, 6.45) is 0.0754. The lowest BCUT2D eigenvalue weighted by atomic mass is 9.86. The van der Waals surface area contributed by atoms with Gasteiger partial charge in [0.15, 0.2) is 10.6 Å².